The maximum absolute atomic E-state index is 12.9. The summed E-state index contributed by atoms with van der Waals surface area (Å²) in [5.74, 6) is -0.0104. The van der Waals surface area contributed by atoms with Crippen LogP contribution in [0.3, 0.4) is 0 Å². The zero-order valence-corrected chi connectivity index (χ0v) is 6.32. The second-order valence-electron chi connectivity index (χ2n) is 3.06. The lowest BCUT2D eigenvalue weighted by Crippen LogP contribution is -2.30. The maximum atomic E-state index is 12.9. The highest BCUT2D eigenvalue weighted by Crippen LogP contribution is 2.31. The minimum Gasteiger partial charge on any atom is -0.244 e. The zero-order chi connectivity index (χ0) is 7.56. The molecule has 60 valence electrons. The Morgan fingerprint density at radius 3 is 2.50 bits per heavy atom. The van der Waals surface area contributed by atoms with Crippen LogP contribution in [-0.4, -0.2) is 12.3 Å². The van der Waals surface area contributed by atoms with E-state index in [-0.39, 0.29) is 5.92 Å². The molecule has 0 aromatic heterocycles. The standard InChI is InChI=1S/C8H14F2/c1-2-6-4-3-5-7(9)8(6)10/h6-8H,2-5H2,1H3. The monoisotopic (exact) mass is 148 g/mol. The van der Waals surface area contributed by atoms with Gasteiger partial charge in [-0.05, 0) is 18.8 Å². The van der Waals surface area contributed by atoms with Crippen LogP contribution in [0.5, 0.6) is 0 Å². The molecular weight excluding hydrogens is 134 g/mol. The van der Waals surface area contributed by atoms with Crippen molar-refractivity contribution in [3.05, 3.63) is 0 Å². The van der Waals surface area contributed by atoms with Crippen molar-refractivity contribution in [2.75, 3.05) is 0 Å². The molecule has 1 aliphatic rings. The Bertz CT molecular complexity index is 103. The number of alkyl halides is 2. The lowest BCUT2D eigenvalue weighted by atomic mass is 9.85. The fourth-order valence-corrected chi connectivity index (χ4v) is 1.62. The van der Waals surface area contributed by atoms with Gasteiger partial charge in [-0.25, -0.2) is 8.78 Å². The molecule has 0 aromatic rings. The third kappa shape index (κ3) is 1.47. The van der Waals surface area contributed by atoms with Gasteiger partial charge in [-0.1, -0.05) is 19.8 Å². The summed E-state index contributed by atoms with van der Waals surface area (Å²) in [7, 11) is 0. The normalized spacial score (nSPS) is 41.7. The van der Waals surface area contributed by atoms with Gasteiger partial charge in [0, 0.05) is 0 Å². The summed E-state index contributed by atoms with van der Waals surface area (Å²) in [4.78, 5) is 0. The van der Waals surface area contributed by atoms with Crippen LogP contribution in [0.2, 0.25) is 0 Å². The zero-order valence-electron chi connectivity index (χ0n) is 6.32. The lowest BCUT2D eigenvalue weighted by Gasteiger charge is -2.27. The van der Waals surface area contributed by atoms with Crippen LogP contribution in [0.25, 0.3) is 0 Å². The van der Waals surface area contributed by atoms with Gasteiger partial charge in [-0.2, -0.15) is 0 Å². The topological polar surface area (TPSA) is 0 Å². The molecule has 0 nitrogen and oxygen atoms in total. The first-order valence-electron chi connectivity index (χ1n) is 4.03. The fraction of sp³-hybridized carbons (Fsp3) is 1.00. The molecule has 1 rings (SSSR count). The van der Waals surface area contributed by atoms with Gasteiger partial charge >= 0.3 is 0 Å². The van der Waals surface area contributed by atoms with Crippen molar-refractivity contribution < 1.29 is 8.78 Å². The van der Waals surface area contributed by atoms with Crippen LogP contribution < -0.4 is 0 Å². The van der Waals surface area contributed by atoms with E-state index in [2.05, 4.69) is 0 Å². The molecule has 0 radical (unpaired) electrons. The summed E-state index contributed by atoms with van der Waals surface area (Å²) in [6, 6.07) is 0. The van der Waals surface area contributed by atoms with E-state index in [9.17, 15) is 8.78 Å². The third-order valence-electron chi connectivity index (χ3n) is 2.38. The van der Waals surface area contributed by atoms with Gasteiger partial charge in [-0.15, -0.1) is 0 Å². The Kier molecular flexibility index (Phi) is 2.64. The highest BCUT2D eigenvalue weighted by Gasteiger charge is 2.31. The minimum atomic E-state index is -1.18. The van der Waals surface area contributed by atoms with Crippen LogP contribution in [0, 0.1) is 5.92 Å². The molecule has 0 N–H and O–H groups in total. The maximum Gasteiger partial charge on any atom is 0.134 e. The highest BCUT2D eigenvalue weighted by molar-refractivity contribution is 4.80. The highest BCUT2D eigenvalue weighted by atomic mass is 19.2. The van der Waals surface area contributed by atoms with Gasteiger partial charge < -0.3 is 0 Å². The van der Waals surface area contributed by atoms with Crippen molar-refractivity contribution in [1.29, 1.82) is 0 Å². The average Bonchev–Trinajstić information content (AvgIpc) is 1.95. The largest absolute Gasteiger partial charge is 0.244 e. The summed E-state index contributed by atoms with van der Waals surface area (Å²) in [6.07, 6.45) is 0.578. The number of hydrogen-bond donors (Lipinski definition) is 0. The summed E-state index contributed by atoms with van der Waals surface area (Å²) >= 11 is 0. The fourth-order valence-electron chi connectivity index (χ4n) is 1.62. The van der Waals surface area contributed by atoms with Crippen molar-refractivity contribution in [1.82, 2.24) is 0 Å². The summed E-state index contributed by atoms with van der Waals surface area (Å²) in [5.41, 5.74) is 0. The van der Waals surface area contributed by atoms with Crippen LogP contribution >= 0.6 is 0 Å². The molecule has 1 saturated carbocycles. The molecule has 10 heavy (non-hydrogen) atoms. The van der Waals surface area contributed by atoms with Gasteiger partial charge in [0.15, 0.2) is 0 Å². The smallest absolute Gasteiger partial charge is 0.134 e. The molecule has 1 fully saturated rings. The summed E-state index contributed by atoms with van der Waals surface area (Å²) in [6.45, 7) is 1.93. The number of hydrogen-bond acceptors (Lipinski definition) is 0. The van der Waals surface area contributed by atoms with E-state index in [4.69, 9.17) is 0 Å². The molecule has 0 bridgehead atoms. The van der Waals surface area contributed by atoms with E-state index >= 15 is 0 Å². The molecule has 0 amide bonds. The van der Waals surface area contributed by atoms with Crippen molar-refractivity contribution in [3.63, 3.8) is 0 Å². The van der Waals surface area contributed by atoms with Crippen molar-refractivity contribution in [2.45, 2.75) is 45.0 Å². The second kappa shape index (κ2) is 3.31. The first-order valence-corrected chi connectivity index (χ1v) is 4.03. The summed E-state index contributed by atoms with van der Waals surface area (Å²) < 4.78 is 25.5. The van der Waals surface area contributed by atoms with E-state index in [1.807, 2.05) is 6.92 Å². The average molecular weight is 148 g/mol. The number of rotatable bonds is 1. The Morgan fingerprint density at radius 2 is 2.00 bits per heavy atom. The van der Waals surface area contributed by atoms with E-state index in [0.29, 0.717) is 6.42 Å². The van der Waals surface area contributed by atoms with Gasteiger partial charge in [0.1, 0.15) is 12.3 Å². The molecule has 3 atom stereocenters. The second-order valence-corrected chi connectivity index (χ2v) is 3.06. The molecule has 0 aliphatic heterocycles. The van der Waals surface area contributed by atoms with Crippen molar-refractivity contribution in [2.24, 2.45) is 5.92 Å². The lowest BCUT2D eigenvalue weighted by molar-refractivity contribution is 0.0650. The molecule has 3 unspecified atom stereocenters. The van der Waals surface area contributed by atoms with Gasteiger partial charge in [0.25, 0.3) is 0 Å². The molecular formula is C8H14F2. The van der Waals surface area contributed by atoms with Gasteiger partial charge in [-0.3, -0.25) is 0 Å². The molecule has 0 heterocycles. The Hall–Kier alpha value is -0.140. The number of halogens is 2. The van der Waals surface area contributed by atoms with E-state index in [1.54, 1.807) is 0 Å². The first kappa shape index (κ1) is 7.96. The molecule has 0 saturated heterocycles. The Balaban J connectivity index is 2.42. The van der Waals surface area contributed by atoms with Crippen LogP contribution in [0.1, 0.15) is 32.6 Å². The van der Waals surface area contributed by atoms with E-state index < -0.39 is 12.3 Å². The third-order valence-corrected chi connectivity index (χ3v) is 2.38. The minimum absolute atomic E-state index is 0.0104. The van der Waals surface area contributed by atoms with Crippen molar-refractivity contribution >= 4 is 0 Å². The molecule has 1 aliphatic carbocycles. The van der Waals surface area contributed by atoms with Crippen LogP contribution in [0.4, 0.5) is 8.78 Å². The molecule has 0 aromatic carbocycles. The molecule has 2 heteroatoms. The van der Waals surface area contributed by atoms with E-state index in [1.165, 1.54) is 0 Å². The predicted octanol–water partition coefficient (Wildman–Crippen LogP) is 2.87. The predicted molar refractivity (Wildman–Crippen MR) is 37.4 cm³/mol. The van der Waals surface area contributed by atoms with Gasteiger partial charge in [0.05, 0.1) is 0 Å². The van der Waals surface area contributed by atoms with E-state index in [0.717, 1.165) is 19.3 Å². The van der Waals surface area contributed by atoms with Crippen LogP contribution in [-0.2, 0) is 0 Å². The summed E-state index contributed by atoms with van der Waals surface area (Å²) in [5, 5.41) is 0. The van der Waals surface area contributed by atoms with Crippen LogP contribution in [0.15, 0.2) is 0 Å². The van der Waals surface area contributed by atoms with Crippen molar-refractivity contribution in [3.8, 4) is 0 Å². The quantitative estimate of drug-likeness (QED) is 0.536. The Labute approximate surface area is 60.6 Å². The first-order chi connectivity index (χ1) is 4.75. The SMILES string of the molecule is CCC1CCCC(F)C1F. The molecule has 0 spiro atoms. The Morgan fingerprint density at radius 1 is 1.30 bits per heavy atom. The van der Waals surface area contributed by atoms with Gasteiger partial charge in [0.2, 0.25) is 0 Å².